The van der Waals surface area contributed by atoms with Gasteiger partial charge in [-0.15, -0.1) is 0 Å². The van der Waals surface area contributed by atoms with E-state index in [1.807, 2.05) is 26.8 Å². The summed E-state index contributed by atoms with van der Waals surface area (Å²) in [7, 11) is -1.98. The number of aromatic nitrogens is 2. The largest absolute Gasteiger partial charge is 0.496 e. The predicted octanol–water partition coefficient (Wildman–Crippen LogP) is 2.35. The summed E-state index contributed by atoms with van der Waals surface area (Å²) < 4.78 is 33.3. The number of hydrogen-bond acceptors (Lipinski definition) is 7. The molecule has 1 aliphatic rings. The van der Waals surface area contributed by atoms with Crippen molar-refractivity contribution in [2.75, 3.05) is 50.1 Å². The van der Waals surface area contributed by atoms with Gasteiger partial charge in [-0.05, 0) is 51.0 Å². The van der Waals surface area contributed by atoms with E-state index in [2.05, 4.69) is 20.2 Å². The Balaban J connectivity index is 1.78. The van der Waals surface area contributed by atoms with Crippen LogP contribution in [-0.2, 0) is 10.0 Å². The number of ether oxygens (including phenoxy) is 1. The maximum atomic E-state index is 13.2. The number of hydrogen-bond donors (Lipinski definition) is 1. The van der Waals surface area contributed by atoms with E-state index in [1.165, 1.54) is 0 Å². The summed E-state index contributed by atoms with van der Waals surface area (Å²) in [6.45, 7) is 10.3. The molecule has 0 atom stereocenters. The maximum absolute atomic E-state index is 13.2. The van der Waals surface area contributed by atoms with Crippen LogP contribution in [0.2, 0.25) is 0 Å². The van der Waals surface area contributed by atoms with Gasteiger partial charge in [0.2, 0.25) is 16.0 Å². The van der Waals surface area contributed by atoms with Crippen LogP contribution in [0, 0.1) is 20.8 Å². The number of benzene rings is 1. The molecule has 0 spiro atoms. The number of piperazine rings is 1. The summed E-state index contributed by atoms with van der Waals surface area (Å²) in [5.74, 6) is 2.12. The van der Waals surface area contributed by atoms with E-state index in [-0.39, 0.29) is 0 Å². The van der Waals surface area contributed by atoms with Crippen LogP contribution in [0.5, 0.6) is 5.75 Å². The van der Waals surface area contributed by atoms with Crippen molar-refractivity contribution >= 4 is 21.8 Å². The van der Waals surface area contributed by atoms with Gasteiger partial charge in [-0.2, -0.15) is 9.29 Å². The Labute approximate surface area is 173 Å². The molecule has 29 heavy (non-hydrogen) atoms. The molecular formula is C20H29N5O3S. The molecule has 3 rings (SSSR count). The van der Waals surface area contributed by atoms with E-state index in [0.29, 0.717) is 48.3 Å². The second-order valence-electron chi connectivity index (χ2n) is 7.20. The zero-order chi connectivity index (χ0) is 21.2. The molecule has 8 nitrogen and oxygen atoms in total. The number of nitrogens with one attached hydrogen (secondary N) is 1. The number of rotatable bonds is 6. The van der Waals surface area contributed by atoms with Gasteiger partial charge in [0.15, 0.2) is 0 Å². The average Bonchev–Trinajstić information content (AvgIpc) is 2.69. The van der Waals surface area contributed by atoms with Crippen molar-refractivity contribution in [2.45, 2.75) is 32.6 Å². The minimum atomic E-state index is -3.56. The third-order valence-corrected chi connectivity index (χ3v) is 7.09. The lowest BCUT2D eigenvalue weighted by atomic mass is 10.1. The number of aryl methyl sites for hydroxylation is 3. The van der Waals surface area contributed by atoms with Gasteiger partial charge in [0.25, 0.3) is 0 Å². The summed E-state index contributed by atoms with van der Waals surface area (Å²) >= 11 is 0. The number of methoxy groups -OCH3 is 1. The Kier molecular flexibility index (Phi) is 6.28. The minimum absolute atomic E-state index is 0.344. The SMILES string of the molecule is CCNc1nc(C)cc(N2CCN(S(=O)(=O)c3cc(C)c(OC)cc3C)CC2)n1. The standard InChI is InChI=1S/C20H29N5O3S/c1-6-21-20-22-16(4)13-19(23-20)24-7-9-25(10-8-24)29(26,27)18-12-14(2)17(28-5)11-15(18)3/h11-13H,6-10H2,1-5H3,(H,21,22,23). The Bertz CT molecular complexity index is 986. The van der Waals surface area contributed by atoms with Crippen LogP contribution in [0.1, 0.15) is 23.7 Å². The fourth-order valence-corrected chi connectivity index (χ4v) is 5.22. The molecule has 0 amide bonds. The van der Waals surface area contributed by atoms with Gasteiger partial charge in [-0.1, -0.05) is 0 Å². The van der Waals surface area contributed by atoms with Crippen molar-refractivity contribution in [1.82, 2.24) is 14.3 Å². The van der Waals surface area contributed by atoms with Gasteiger partial charge in [0.05, 0.1) is 12.0 Å². The van der Waals surface area contributed by atoms with E-state index in [0.717, 1.165) is 23.6 Å². The Morgan fingerprint density at radius 1 is 1.03 bits per heavy atom. The van der Waals surface area contributed by atoms with E-state index in [4.69, 9.17) is 4.74 Å². The summed E-state index contributed by atoms with van der Waals surface area (Å²) in [6, 6.07) is 5.42. The molecule has 1 aromatic carbocycles. The van der Waals surface area contributed by atoms with Crippen LogP contribution in [0.15, 0.2) is 23.1 Å². The van der Waals surface area contributed by atoms with Crippen LogP contribution in [0.4, 0.5) is 11.8 Å². The molecule has 9 heteroatoms. The molecule has 2 heterocycles. The van der Waals surface area contributed by atoms with E-state index in [1.54, 1.807) is 30.5 Å². The summed E-state index contributed by atoms with van der Waals surface area (Å²) in [6.07, 6.45) is 0. The molecule has 0 saturated carbocycles. The second kappa shape index (κ2) is 8.54. The molecule has 0 radical (unpaired) electrons. The van der Waals surface area contributed by atoms with Crippen LogP contribution in [0.3, 0.4) is 0 Å². The van der Waals surface area contributed by atoms with E-state index < -0.39 is 10.0 Å². The van der Waals surface area contributed by atoms with E-state index in [9.17, 15) is 8.42 Å². The Morgan fingerprint density at radius 2 is 1.72 bits per heavy atom. The molecule has 0 aliphatic carbocycles. The third kappa shape index (κ3) is 4.45. The number of anilines is 2. The van der Waals surface area contributed by atoms with E-state index >= 15 is 0 Å². The highest BCUT2D eigenvalue weighted by Crippen LogP contribution is 2.28. The summed E-state index contributed by atoms with van der Waals surface area (Å²) in [4.78, 5) is 11.4. The lowest BCUT2D eigenvalue weighted by Crippen LogP contribution is -2.49. The highest BCUT2D eigenvalue weighted by atomic mass is 32.2. The third-order valence-electron chi connectivity index (χ3n) is 5.05. The molecule has 1 aromatic heterocycles. The normalized spacial score (nSPS) is 15.4. The number of nitrogens with zero attached hydrogens (tertiary/aromatic N) is 4. The van der Waals surface area contributed by atoms with Crippen molar-refractivity contribution in [2.24, 2.45) is 0 Å². The van der Waals surface area contributed by atoms with Gasteiger partial charge in [-0.25, -0.2) is 13.4 Å². The smallest absolute Gasteiger partial charge is 0.243 e. The van der Waals surface area contributed by atoms with Crippen molar-refractivity contribution in [1.29, 1.82) is 0 Å². The average molecular weight is 420 g/mol. The quantitative estimate of drug-likeness (QED) is 0.769. The molecule has 0 unspecified atom stereocenters. The minimum Gasteiger partial charge on any atom is -0.496 e. The molecule has 1 N–H and O–H groups in total. The monoisotopic (exact) mass is 419 g/mol. The molecule has 1 aliphatic heterocycles. The first-order valence-electron chi connectivity index (χ1n) is 9.76. The van der Waals surface area contributed by atoms with Gasteiger partial charge in [0, 0.05) is 44.5 Å². The first-order chi connectivity index (χ1) is 13.8. The van der Waals surface area contributed by atoms with Crippen LogP contribution in [-0.4, -0.2) is 62.5 Å². The molecule has 1 fully saturated rings. The van der Waals surface area contributed by atoms with Gasteiger partial charge in [-0.3, -0.25) is 0 Å². The van der Waals surface area contributed by atoms with Crippen molar-refractivity contribution in [3.8, 4) is 5.75 Å². The molecule has 158 valence electrons. The fraction of sp³-hybridized carbons (Fsp3) is 0.500. The van der Waals surface area contributed by atoms with Gasteiger partial charge in [0.1, 0.15) is 11.6 Å². The molecule has 0 bridgehead atoms. The number of sulfonamides is 1. The van der Waals surface area contributed by atoms with Crippen LogP contribution in [0.25, 0.3) is 0 Å². The molecule has 2 aromatic rings. The fourth-order valence-electron chi connectivity index (χ4n) is 3.51. The lowest BCUT2D eigenvalue weighted by Gasteiger charge is -2.35. The topological polar surface area (TPSA) is 87.7 Å². The lowest BCUT2D eigenvalue weighted by molar-refractivity contribution is 0.383. The highest BCUT2D eigenvalue weighted by Gasteiger charge is 2.30. The zero-order valence-corrected chi connectivity index (χ0v) is 18.5. The first-order valence-corrected chi connectivity index (χ1v) is 11.2. The van der Waals surface area contributed by atoms with Crippen LogP contribution >= 0.6 is 0 Å². The predicted molar refractivity (Wildman–Crippen MR) is 114 cm³/mol. The first kappa shape index (κ1) is 21.3. The van der Waals surface area contributed by atoms with Crippen LogP contribution < -0.4 is 15.0 Å². The highest BCUT2D eigenvalue weighted by molar-refractivity contribution is 7.89. The van der Waals surface area contributed by atoms with Gasteiger partial charge >= 0.3 is 0 Å². The Hall–Kier alpha value is -2.39. The van der Waals surface area contributed by atoms with Gasteiger partial charge < -0.3 is 15.0 Å². The molecule has 1 saturated heterocycles. The summed E-state index contributed by atoms with van der Waals surface area (Å²) in [5, 5.41) is 3.14. The van der Waals surface area contributed by atoms with Crippen molar-refractivity contribution in [3.63, 3.8) is 0 Å². The second-order valence-corrected chi connectivity index (χ2v) is 9.11. The van der Waals surface area contributed by atoms with Crippen molar-refractivity contribution < 1.29 is 13.2 Å². The van der Waals surface area contributed by atoms with Crippen molar-refractivity contribution in [3.05, 3.63) is 35.0 Å². The molecular weight excluding hydrogens is 390 g/mol. The zero-order valence-electron chi connectivity index (χ0n) is 17.7. The maximum Gasteiger partial charge on any atom is 0.243 e. The Morgan fingerprint density at radius 3 is 2.34 bits per heavy atom. The summed E-state index contributed by atoms with van der Waals surface area (Å²) in [5.41, 5.74) is 2.38.